The number of carboxylic acids is 1. The van der Waals surface area contributed by atoms with Crippen LogP contribution in [0.5, 0.6) is 0 Å². The topological polar surface area (TPSA) is 68.0 Å². The van der Waals surface area contributed by atoms with Gasteiger partial charge < -0.3 is 5.11 Å². The monoisotopic (exact) mass is 207 g/mol. The van der Waals surface area contributed by atoms with Crippen molar-refractivity contribution in [3.05, 3.63) is 11.9 Å². The van der Waals surface area contributed by atoms with Gasteiger partial charge in [-0.15, -0.1) is 5.10 Å². The highest BCUT2D eigenvalue weighted by molar-refractivity contribution is 5.74. The van der Waals surface area contributed by atoms with E-state index in [9.17, 15) is 4.79 Å². The first kappa shape index (κ1) is 8.88. The number of nitrogens with zero attached hydrogens (tertiary/aromatic N) is 3. The summed E-state index contributed by atoms with van der Waals surface area (Å²) in [6.07, 6.45) is 5.20. The second-order valence-electron chi connectivity index (χ2n) is 4.60. The van der Waals surface area contributed by atoms with Crippen LogP contribution in [0.15, 0.2) is 6.20 Å². The molecule has 3 rings (SSSR count). The first-order valence-electron chi connectivity index (χ1n) is 5.37. The van der Waals surface area contributed by atoms with E-state index in [0.717, 1.165) is 24.6 Å². The fraction of sp³-hybridized carbons (Fsp3) is 0.700. The lowest BCUT2D eigenvalue weighted by Crippen LogP contribution is -2.00. The highest BCUT2D eigenvalue weighted by Gasteiger charge is 2.46. The largest absolute Gasteiger partial charge is 0.481 e. The average molecular weight is 207 g/mol. The Labute approximate surface area is 87.1 Å². The van der Waals surface area contributed by atoms with Crippen LogP contribution in [0.3, 0.4) is 0 Å². The summed E-state index contributed by atoms with van der Waals surface area (Å²) in [4.78, 5) is 10.7. The zero-order valence-electron chi connectivity index (χ0n) is 8.33. The van der Waals surface area contributed by atoms with Crippen LogP contribution >= 0.6 is 0 Å². The van der Waals surface area contributed by atoms with E-state index in [1.165, 1.54) is 12.8 Å². The molecule has 0 bridgehead atoms. The number of aromatic nitrogens is 3. The van der Waals surface area contributed by atoms with Crippen LogP contribution in [0.4, 0.5) is 0 Å². The zero-order valence-corrected chi connectivity index (χ0v) is 8.33. The quantitative estimate of drug-likeness (QED) is 0.795. The van der Waals surface area contributed by atoms with Crippen LogP contribution in [-0.2, 0) is 11.3 Å². The van der Waals surface area contributed by atoms with Crippen molar-refractivity contribution in [1.82, 2.24) is 15.0 Å². The Hall–Kier alpha value is -1.39. The molecule has 0 unspecified atom stereocenters. The molecule has 2 saturated carbocycles. The third-order valence-electron chi connectivity index (χ3n) is 3.19. The van der Waals surface area contributed by atoms with Crippen LogP contribution < -0.4 is 0 Å². The van der Waals surface area contributed by atoms with Crippen molar-refractivity contribution in [3.8, 4) is 0 Å². The van der Waals surface area contributed by atoms with E-state index < -0.39 is 5.97 Å². The van der Waals surface area contributed by atoms with E-state index >= 15 is 0 Å². The predicted octanol–water partition coefficient (Wildman–Crippen LogP) is 0.876. The molecule has 1 aromatic rings. The zero-order chi connectivity index (χ0) is 10.4. The molecule has 2 aliphatic carbocycles. The molecule has 0 aliphatic heterocycles. The smallest absolute Gasteiger partial charge is 0.307 e. The van der Waals surface area contributed by atoms with Gasteiger partial charge in [-0.05, 0) is 25.2 Å². The maximum absolute atomic E-state index is 10.7. The Morgan fingerprint density at radius 1 is 1.60 bits per heavy atom. The number of carbonyl (C=O) groups is 1. The minimum Gasteiger partial charge on any atom is -0.481 e. The molecule has 1 aromatic heterocycles. The molecule has 2 fully saturated rings. The summed E-state index contributed by atoms with van der Waals surface area (Å²) in [7, 11) is 0. The summed E-state index contributed by atoms with van der Waals surface area (Å²) in [5.74, 6) is -0.0581. The third kappa shape index (κ3) is 1.73. The lowest BCUT2D eigenvalue weighted by atomic mass is 10.2. The van der Waals surface area contributed by atoms with Gasteiger partial charge in [0, 0.05) is 18.7 Å². The molecule has 0 spiro atoms. The van der Waals surface area contributed by atoms with Crippen molar-refractivity contribution >= 4 is 5.97 Å². The number of aliphatic carboxylic acids is 1. The van der Waals surface area contributed by atoms with Crippen molar-refractivity contribution in [2.75, 3.05) is 0 Å². The summed E-state index contributed by atoms with van der Waals surface area (Å²) in [6.45, 7) is 0.942. The first-order valence-corrected chi connectivity index (χ1v) is 5.37. The van der Waals surface area contributed by atoms with Crippen LogP contribution in [0, 0.1) is 11.8 Å². The lowest BCUT2D eigenvalue weighted by Gasteiger charge is -1.94. The molecule has 80 valence electrons. The number of rotatable bonds is 4. The van der Waals surface area contributed by atoms with Gasteiger partial charge in [0.2, 0.25) is 0 Å². The molecule has 15 heavy (non-hydrogen) atoms. The molecule has 2 atom stereocenters. The minimum atomic E-state index is -0.711. The maximum Gasteiger partial charge on any atom is 0.307 e. The normalized spacial score (nSPS) is 29.1. The van der Waals surface area contributed by atoms with Crippen LogP contribution in [0.2, 0.25) is 0 Å². The highest BCUT2D eigenvalue weighted by atomic mass is 16.4. The molecule has 1 heterocycles. The van der Waals surface area contributed by atoms with Crippen molar-refractivity contribution in [2.45, 2.75) is 31.7 Å². The molecule has 0 saturated heterocycles. The maximum atomic E-state index is 10.7. The summed E-state index contributed by atoms with van der Waals surface area (Å²) in [6, 6.07) is 0. The molecule has 0 aromatic carbocycles. The second kappa shape index (κ2) is 3.05. The van der Waals surface area contributed by atoms with E-state index in [-0.39, 0.29) is 11.8 Å². The lowest BCUT2D eigenvalue weighted by molar-refractivity contribution is -0.138. The average Bonchev–Trinajstić information content (AvgIpc) is 3.06. The van der Waals surface area contributed by atoms with Gasteiger partial charge in [-0.25, -0.2) is 0 Å². The summed E-state index contributed by atoms with van der Waals surface area (Å²) in [5.41, 5.74) is 0.850. The van der Waals surface area contributed by atoms with E-state index in [4.69, 9.17) is 5.11 Å². The molecule has 2 aliphatic rings. The van der Waals surface area contributed by atoms with E-state index in [1.807, 2.05) is 10.9 Å². The highest BCUT2D eigenvalue weighted by Crippen LogP contribution is 2.46. The van der Waals surface area contributed by atoms with Crippen LogP contribution in [-0.4, -0.2) is 26.1 Å². The molecule has 1 N–H and O–H groups in total. The molecule has 0 amide bonds. The van der Waals surface area contributed by atoms with Crippen molar-refractivity contribution < 1.29 is 9.90 Å². The first-order chi connectivity index (χ1) is 7.24. The summed E-state index contributed by atoms with van der Waals surface area (Å²) >= 11 is 0. The van der Waals surface area contributed by atoms with Gasteiger partial charge in [0.1, 0.15) is 0 Å². The van der Waals surface area contributed by atoms with Crippen LogP contribution in [0.1, 0.15) is 30.9 Å². The molecular formula is C10H13N3O2. The van der Waals surface area contributed by atoms with Crippen LogP contribution in [0.25, 0.3) is 0 Å². The third-order valence-corrected chi connectivity index (χ3v) is 3.19. The Morgan fingerprint density at radius 3 is 3.00 bits per heavy atom. The number of carboxylic acid groups (broad SMARTS) is 1. The molecule has 5 heteroatoms. The Morgan fingerprint density at radius 2 is 2.40 bits per heavy atom. The number of hydrogen-bond acceptors (Lipinski definition) is 3. The summed E-state index contributed by atoms with van der Waals surface area (Å²) < 4.78 is 1.85. The molecule has 0 radical (unpaired) electrons. The minimum absolute atomic E-state index is 0.107. The molecule has 5 nitrogen and oxygen atoms in total. The van der Waals surface area contributed by atoms with Gasteiger partial charge in [0.05, 0.1) is 11.6 Å². The van der Waals surface area contributed by atoms with E-state index in [1.54, 1.807) is 0 Å². The van der Waals surface area contributed by atoms with E-state index in [0.29, 0.717) is 0 Å². The fourth-order valence-electron chi connectivity index (χ4n) is 1.93. The van der Waals surface area contributed by atoms with Crippen molar-refractivity contribution in [1.29, 1.82) is 0 Å². The number of hydrogen-bond donors (Lipinski definition) is 1. The van der Waals surface area contributed by atoms with Gasteiger partial charge in [-0.3, -0.25) is 9.48 Å². The fourth-order valence-corrected chi connectivity index (χ4v) is 1.93. The van der Waals surface area contributed by atoms with Gasteiger partial charge in [-0.1, -0.05) is 5.21 Å². The van der Waals surface area contributed by atoms with Crippen molar-refractivity contribution in [2.24, 2.45) is 11.8 Å². The Kier molecular flexibility index (Phi) is 1.81. The second-order valence-corrected chi connectivity index (χ2v) is 4.60. The van der Waals surface area contributed by atoms with Gasteiger partial charge in [0.25, 0.3) is 0 Å². The SMILES string of the molecule is O=C(O)[C@@H]1C[C@H]1c1cn(CC2CC2)nn1. The van der Waals surface area contributed by atoms with Gasteiger partial charge in [-0.2, -0.15) is 0 Å². The van der Waals surface area contributed by atoms with E-state index in [2.05, 4.69) is 10.3 Å². The van der Waals surface area contributed by atoms with Gasteiger partial charge in [0.15, 0.2) is 0 Å². The Bertz CT molecular complexity index is 397. The molecular weight excluding hydrogens is 194 g/mol. The van der Waals surface area contributed by atoms with Gasteiger partial charge >= 0.3 is 5.97 Å². The predicted molar refractivity (Wildman–Crippen MR) is 51.2 cm³/mol. The Balaban J connectivity index is 1.66. The van der Waals surface area contributed by atoms with Crippen molar-refractivity contribution in [3.63, 3.8) is 0 Å². The standard InChI is InChI=1S/C10H13N3O2/c14-10(15)8-3-7(8)9-5-13(12-11-9)4-6-1-2-6/h5-8H,1-4H2,(H,14,15)/t7-,8-/m1/s1. The summed E-state index contributed by atoms with van der Waals surface area (Å²) in [5, 5.41) is 16.9.